The lowest BCUT2D eigenvalue weighted by atomic mass is 9.84. The molecule has 5 nitrogen and oxygen atoms in total. The van der Waals surface area contributed by atoms with Crippen molar-refractivity contribution in [1.29, 1.82) is 0 Å². The molecular weight excluding hydrogens is 242 g/mol. The van der Waals surface area contributed by atoms with Gasteiger partial charge in [0.1, 0.15) is 5.75 Å². The zero-order valence-electron chi connectivity index (χ0n) is 11.3. The minimum atomic E-state index is -0.802. The first kappa shape index (κ1) is 12.4. The quantitative estimate of drug-likeness (QED) is 0.884. The first-order valence-electron chi connectivity index (χ1n) is 6.55. The lowest BCUT2D eigenvalue weighted by Crippen LogP contribution is -2.41. The molecule has 0 aliphatic carbocycles. The maximum atomic E-state index is 10.9. The van der Waals surface area contributed by atoms with Crippen molar-refractivity contribution in [2.24, 2.45) is 0 Å². The van der Waals surface area contributed by atoms with E-state index in [4.69, 9.17) is 4.74 Å². The fourth-order valence-corrected chi connectivity index (χ4v) is 2.73. The molecule has 0 bridgehead atoms. The molecule has 0 atom stereocenters. The summed E-state index contributed by atoms with van der Waals surface area (Å²) in [5.41, 5.74) is 1.04. The highest BCUT2D eigenvalue weighted by molar-refractivity contribution is 5.53. The second-order valence-electron chi connectivity index (χ2n) is 5.29. The van der Waals surface area contributed by atoms with Crippen LogP contribution in [0, 0.1) is 0 Å². The molecular formula is C14H19N3O2. The van der Waals surface area contributed by atoms with Gasteiger partial charge in [-0.15, -0.1) is 0 Å². The molecule has 0 amide bonds. The van der Waals surface area contributed by atoms with Crippen LogP contribution in [0.5, 0.6) is 5.75 Å². The Bertz CT molecular complexity index is 585. The van der Waals surface area contributed by atoms with Gasteiger partial charge in [0.05, 0.1) is 24.4 Å². The summed E-state index contributed by atoms with van der Waals surface area (Å²) in [6.07, 6.45) is 5.03. The fourth-order valence-electron chi connectivity index (χ4n) is 2.73. The van der Waals surface area contributed by atoms with Gasteiger partial charge in [-0.1, -0.05) is 0 Å². The van der Waals surface area contributed by atoms with E-state index in [1.807, 2.05) is 18.3 Å². The van der Waals surface area contributed by atoms with Crippen LogP contribution in [0.25, 0.3) is 5.52 Å². The molecule has 19 heavy (non-hydrogen) atoms. The molecule has 5 heteroatoms. The largest absolute Gasteiger partial charge is 0.495 e. The van der Waals surface area contributed by atoms with Crippen molar-refractivity contribution in [3.8, 4) is 5.75 Å². The summed E-state index contributed by atoms with van der Waals surface area (Å²) in [6, 6.07) is 3.92. The van der Waals surface area contributed by atoms with Crippen LogP contribution in [0.4, 0.5) is 0 Å². The normalized spacial score (nSPS) is 19.7. The van der Waals surface area contributed by atoms with Gasteiger partial charge in [-0.05, 0) is 32.0 Å². The number of rotatable bonds is 2. The number of piperidine rings is 1. The van der Waals surface area contributed by atoms with Crippen LogP contribution in [-0.2, 0) is 5.60 Å². The SMILES string of the molecule is COc1cn2nccc2cc1C1(O)CCN(C)CC1. The molecule has 1 aliphatic heterocycles. The average molecular weight is 261 g/mol. The number of fused-ring (bicyclic) bond motifs is 1. The zero-order chi connectivity index (χ0) is 13.5. The van der Waals surface area contributed by atoms with E-state index in [1.54, 1.807) is 17.8 Å². The maximum Gasteiger partial charge on any atom is 0.143 e. The highest BCUT2D eigenvalue weighted by atomic mass is 16.5. The van der Waals surface area contributed by atoms with Crippen LogP contribution < -0.4 is 4.74 Å². The third kappa shape index (κ3) is 2.09. The number of ether oxygens (including phenoxy) is 1. The van der Waals surface area contributed by atoms with Crippen molar-refractivity contribution in [2.45, 2.75) is 18.4 Å². The van der Waals surface area contributed by atoms with Crippen molar-refractivity contribution in [2.75, 3.05) is 27.2 Å². The van der Waals surface area contributed by atoms with E-state index in [1.165, 1.54) is 0 Å². The van der Waals surface area contributed by atoms with Gasteiger partial charge in [0.25, 0.3) is 0 Å². The number of methoxy groups -OCH3 is 1. The minimum Gasteiger partial charge on any atom is -0.495 e. The molecule has 0 spiro atoms. The molecule has 1 aliphatic rings. The topological polar surface area (TPSA) is 50.0 Å². The van der Waals surface area contributed by atoms with Crippen LogP contribution in [0.1, 0.15) is 18.4 Å². The van der Waals surface area contributed by atoms with Crippen molar-refractivity contribution in [3.63, 3.8) is 0 Å². The third-order valence-electron chi connectivity index (χ3n) is 4.03. The fraction of sp³-hybridized carbons (Fsp3) is 0.500. The van der Waals surface area contributed by atoms with Gasteiger partial charge < -0.3 is 14.7 Å². The van der Waals surface area contributed by atoms with E-state index in [0.717, 1.165) is 37.0 Å². The van der Waals surface area contributed by atoms with Crippen molar-refractivity contribution < 1.29 is 9.84 Å². The van der Waals surface area contributed by atoms with Gasteiger partial charge in [0.15, 0.2) is 0 Å². The number of hydrogen-bond donors (Lipinski definition) is 1. The Morgan fingerprint density at radius 2 is 2.11 bits per heavy atom. The third-order valence-corrected chi connectivity index (χ3v) is 4.03. The Labute approximate surface area is 112 Å². The molecule has 1 fully saturated rings. The number of likely N-dealkylation sites (tertiary alicyclic amines) is 1. The summed E-state index contributed by atoms with van der Waals surface area (Å²) in [4.78, 5) is 2.23. The van der Waals surface area contributed by atoms with Crippen molar-refractivity contribution in [1.82, 2.24) is 14.5 Å². The molecule has 0 radical (unpaired) electrons. The molecule has 0 aromatic carbocycles. The van der Waals surface area contributed by atoms with Gasteiger partial charge in [-0.3, -0.25) is 0 Å². The lowest BCUT2D eigenvalue weighted by Gasteiger charge is -2.37. The highest BCUT2D eigenvalue weighted by Gasteiger charge is 2.35. The number of aromatic nitrogens is 2. The number of nitrogens with zero attached hydrogens (tertiary/aromatic N) is 3. The van der Waals surface area contributed by atoms with E-state index < -0.39 is 5.60 Å². The summed E-state index contributed by atoms with van der Waals surface area (Å²) in [5.74, 6) is 0.697. The molecule has 2 aromatic rings. The molecule has 2 aromatic heterocycles. The van der Waals surface area contributed by atoms with E-state index in [0.29, 0.717) is 5.75 Å². The summed E-state index contributed by atoms with van der Waals surface area (Å²) < 4.78 is 7.20. The van der Waals surface area contributed by atoms with Crippen LogP contribution in [0.2, 0.25) is 0 Å². The van der Waals surface area contributed by atoms with Gasteiger partial charge in [-0.25, -0.2) is 4.52 Å². The van der Waals surface area contributed by atoms with E-state index in [9.17, 15) is 5.11 Å². The maximum absolute atomic E-state index is 10.9. The number of pyridine rings is 1. The molecule has 0 saturated carbocycles. The Hall–Kier alpha value is -1.59. The highest BCUT2D eigenvalue weighted by Crippen LogP contribution is 2.38. The van der Waals surface area contributed by atoms with Crippen molar-refractivity contribution in [3.05, 3.63) is 30.1 Å². The second kappa shape index (κ2) is 4.51. The summed E-state index contributed by atoms with van der Waals surface area (Å²) in [7, 11) is 3.71. The van der Waals surface area contributed by atoms with Crippen LogP contribution >= 0.6 is 0 Å². The van der Waals surface area contributed by atoms with Crippen LogP contribution in [0.15, 0.2) is 24.5 Å². The Morgan fingerprint density at radius 1 is 1.37 bits per heavy atom. The molecule has 3 heterocycles. The second-order valence-corrected chi connectivity index (χ2v) is 5.29. The Morgan fingerprint density at radius 3 is 2.79 bits per heavy atom. The smallest absolute Gasteiger partial charge is 0.143 e. The zero-order valence-corrected chi connectivity index (χ0v) is 11.3. The predicted molar refractivity (Wildman–Crippen MR) is 72.4 cm³/mol. The van der Waals surface area contributed by atoms with E-state index in [2.05, 4.69) is 17.0 Å². The molecule has 1 saturated heterocycles. The first-order chi connectivity index (χ1) is 9.12. The van der Waals surface area contributed by atoms with Gasteiger partial charge in [0, 0.05) is 24.8 Å². The summed E-state index contributed by atoms with van der Waals surface area (Å²) in [5, 5.41) is 15.1. The molecule has 3 rings (SSSR count). The van der Waals surface area contributed by atoms with Gasteiger partial charge in [0.2, 0.25) is 0 Å². The molecule has 0 unspecified atom stereocenters. The number of aliphatic hydroxyl groups is 1. The van der Waals surface area contributed by atoms with Gasteiger partial charge >= 0.3 is 0 Å². The average Bonchev–Trinajstić information content (AvgIpc) is 2.88. The predicted octanol–water partition coefficient (Wildman–Crippen LogP) is 1.26. The van der Waals surface area contributed by atoms with E-state index in [-0.39, 0.29) is 0 Å². The Balaban J connectivity index is 2.07. The van der Waals surface area contributed by atoms with E-state index >= 15 is 0 Å². The van der Waals surface area contributed by atoms with Crippen molar-refractivity contribution >= 4 is 5.52 Å². The molecule has 102 valence electrons. The standard InChI is InChI=1S/C14H19N3O2/c1-16-7-4-14(18,5-8-16)12-9-11-3-6-15-17(11)10-13(12)19-2/h3,6,9-10,18H,4-5,7-8H2,1-2H3. The summed E-state index contributed by atoms with van der Waals surface area (Å²) in [6.45, 7) is 1.79. The van der Waals surface area contributed by atoms with Crippen LogP contribution in [-0.4, -0.2) is 46.9 Å². The minimum absolute atomic E-state index is 0.697. The monoisotopic (exact) mass is 261 g/mol. The van der Waals surface area contributed by atoms with Crippen LogP contribution in [0.3, 0.4) is 0 Å². The number of hydrogen-bond acceptors (Lipinski definition) is 4. The first-order valence-corrected chi connectivity index (χ1v) is 6.55. The van der Waals surface area contributed by atoms with Gasteiger partial charge in [-0.2, -0.15) is 5.10 Å². The lowest BCUT2D eigenvalue weighted by molar-refractivity contribution is -0.0219. The molecule has 1 N–H and O–H groups in total. The summed E-state index contributed by atoms with van der Waals surface area (Å²) >= 11 is 0. The Kier molecular flexibility index (Phi) is 2.95.